The number of rotatable bonds is 7. The van der Waals surface area contributed by atoms with Crippen LogP contribution in [0.1, 0.15) is 33.1 Å². The van der Waals surface area contributed by atoms with E-state index in [9.17, 15) is 0 Å². The molecular weight excluding hydrogens is 248 g/mol. The van der Waals surface area contributed by atoms with Gasteiger partial charge in [-0.1, -0.05) is 23.6 Å². The van der Waals surface area contributed by atoms with Gasteiger partial charge in [-0.15, -0.1) is 0 Å². The Morgan fingerprint density at radius 3 is 2.79 bits per heavy atom. The molecule has 0 aromatic heterocycles. The molecule has 4 atom stereocenters. The van der Waals surface area contributed by atoms with E-state index in [0.29, 0.717) is 13.0 Å². The molecule has 0 spiro atoms. The molecule has 8 nitrogen and oxygen atoms in total. The predicted octanol–water partition coefficient (Wildman–Crippen LogP) is 3.34. The summed E-state index contributed by atoms with van der Waals surface area (Å²) < 4.78 is 11.5. The van der Waals surface area contributed by atoms with Crippen molar-refractivity contribution in [3.63, 3.8) is 0 Å². The monoisotopic (exact) mass is 268 g/mol. The second-order valence-corrected chi connectivity index (χ2v) is 4.56. The molecule has 1 fully saturated rings. The van der Waals surface area contributed by atoms with Crippen LogP contribution < -0.4 is 0 Å². The van der Waals surface area contributed by atoms with Gasteiger partial charge in [0.2, 0.25) is 0 Å². The van der Waals surface area contributed by atoms with E-state index in [1.54, 1.807) is 0 Å². The molecule has 0 saturated carbocycles. The Bertz CT molecular complexity index is 364. The van der Waals surface area contributed by atoms with Gasteiger partial charge in [-0.25, -0.2) is 0 Å². The normalized spacial score (nSPS) is 30.2. The Hall–Kier alpha value is -1.46. The molecule has 1 heterocycles. The van der Waals surface area contributed by atoms with E-state index in [-0.39, 0.29) is 30.9 Å². The van der Waals surface area contributed by atoms with Gasteiger partial charge >= 0.3 is 0 Å². The highest BCUT2D eigenvalue weighted by atomic mass is 16.5. The van der Waals surface area contributed by atoms with Gasteiger partial charge in [0, 0.05) is 16.4 Å². The molecule has 0 N–H and O–H groups in total. The molecule has 0 bridgehead atoms. The molecule has 1 saturated heterocycles. The minimum atomic E-state index is -0.270. The van der Waals surface area contributed by atoms with Crippen LogP contribution in [-0.2, 0) is 9.47 Å². The van der Waals surface area contributed by atoms with Gasteiger partial charge in [-0.2, -0.15) is 0 Å². The summed E-state index contributed by atoms with van der Waals surface area (Å²) in [6.45, 7) is 4.81. The maximum Gasteiger partial charge on any atom is 0.0896 e. The van der Waals surface area contributed by atoms with E-state index in [2.05, 4.69) is 27.0 Å². The molecule has 1 rings (SSSR count). The number of azide groups is 2. The summed E-state index contributed by atoms with van der Waals surface area (Å²) in [6, 6.07) is -0.237. The Kier molecular flexibility index (Phi) is 7.07. The fourth-order valence-corrected chi connectivity index (χ4v) is 2.07. The van der Waals surface area contributed by atoms with Gasteiger partial charge in [-0.05, 0) is 30.8 Å². The molecule has 0 amide bonds. The first-order valence-electron chi connectivity index (χ1n) is 6.55. The lowest BCUT2D eigenvalue weighted by molar-refractivity contribution is -0.137. The number of ether oxygens (including phenoxy) is 2. The molecular formula is C11H20N6O2. The number of nitrogens with zero attached hydrogens (tertiary/aromatic N) is 6. The SMILES string of the molecule is CCCCOC1CC(N=[N+]=[N-])C(C)OC1CN=[N+]=[N-]. The predicted molar refractivity (Wildman–Crippen MR) is 70.5 cm³/mol. The summed E-state index contributed by atoms with van der Waals surface area (Å²) >= 11 is 0. The highest BCUT2D eigenvalue weighted by molar-refractivity contribution is 4.89. The lowest BCUT2D eigenvalue weighted by Crippen LogP contribution is -2.47. The van der Waals surface area contributed by atoms with Crippen molar-refractivity contribution in [2.45, 2.75) is 57.5 Å². The van der Waals surface area contributed by atoms with Crippen LogP contribution in [0.25, 0.3) is 20.9 Å². The minimum Gasteiger partial charge on any atom is -0.376 e. The Balaban J connectivity index is 2.65. The molecule has 19 heavy (non-hydrogen) atoms. The molecule has 0 aromatic carbocycles. The van der Waals surface area contributed by atoms with Gasteiger partial charge in [-0.3, -0.25) is 0 Å². The summed E-state index contributed by atoms with van der Waals surface area (Å²) in [5, 5.41) is 7.28. The van der Waals surface area contributed by atoms with Crippen LogP contribution in [0, 0.1) is 0 Å². The zero-order valence-corrected chi connectivity index (χ0v) is 11.3. The van der Waals surface area contributed by atoms with Gasteiger partial charge < -0.3 is 9.47 Å². The van der Waals surface area contributed by atoms with Crippen LogP contribution in [0.5, 0.6) is 0 Å². The largest absolute Gasteiger partial charge is 0.376 e. The standard InChI is InChI=1S/C11H20N6O2/c1-3-4-5-18-10-6-9(15-17-13)8(2)19-11(10)7-14-16-12/h8-11H,3-7H2,1-2H3. The topological polar surface area (TPSA) is 116 Å². The van der Waals surface area contributed by atoms with Crippen LogP contribution in [-0.4, -0.2) is 37.5 Å². The van der Waals surface area contributed by atoms with Gasteiger partial charge in [0.25, 0.3) is 0 Å². The first-order valence-corrected chi connectivity index (χ1v) is 6.55. The third-order valence-corrected chi connectivity index (χ3v) is 3.17. The average molecular weight is 268 g/mol. The number of hydrogen-bond acceptors (Lipinski definition) is 4. The summed E-state index contributed by atoms with van der Waals surface area (Å²) in [6.07, 6.45) is 1.95. The lowest BCUT2D eigenvalue weighted by Gasteiger charge is -2.38. The van der Waals surface area contributed by atoms with Crippen LogP contribution >= 0.6 is 0 Å². The molecule has 106 valence electrons. The summed E-state index contributed by atoms with van der Waals surface area (Å²) in [5.41, 5.74) is 16.9. The first kappa shape index (κ1) is 15.6. The maximum absolute atomic E-state index is 8.54. The van der Waals surface area contributed by atoms with Crippen LogP contribution in [0.3, 0.4) is 0 Å². The van der Waals surface area contributed by atoms with Gasteiger partial charge in [0.1, 0.15) is 0 Å². The van der Waals surface area contributed by atoms with E-state index in [4.69, 9.17) is 20.5 Å². The van der Waals surface area contributed by atoms with Crippen molar-refractivity contribution in [3.05, 3.63) is 20.9 Å². The summed E-state index contributed by atoms with van der Waals surface area (Å²) in [7, 11) is 0. The van der Waals surface area contributed by atoms with Crippen molar-refractivity contribution in [1.82, 2.24) is 0 Å². The lowest BCUT2D eigenvalue weighted by atomic mass is 9.97. The molecule has 1 aliphatic heterocycles. The van der Waals surface area contributed by atoms with Crippen LogP contribution in [0.15, 0.2) is 10.2 Å². The maximum atomic E-state index is 8.54. The van der Waals surface area contributed by atoms with E-state index in [0.717, 1.165) is 12.8 Å². The molecule has 0 aromatic rings. The Morgan fingerprint density at radius 2 is 2.16 bits per heavy atom. The quantitative estimate of drug-likeness (QED) is 0.305. The third-order valence-electron chi connectivity index (χ3n) is 3.17. The van der Waals surface area contributed by atoms with E-state index in [1.165, 1.54) is 0 Å². The van der Waals surface area contributed by atoms with Crippen molar-refractivity contribution < 1.29 is 9.47 Å². The van der Waals surface area contributed by atoms with E-state index < -0.39 is 0 Å². The highest BCUT2D eigenvalue weighted by Crippen LogP contribution is 2.25. The summed E-state index contributed by atoms with van der Waals surface area (Å²) in [4.78, 5) is 5.58. The van der Waals surface area contributed by atoms with Crippen molar-refractivity contribution in [2.24, 2.45) is 10.2 Å². The summed E-state index contributed by atoms with van der Waals surface area (Å²) in [5.74, 6) is 0. The Labute approximate surface area is 112 Å². The molecule has 8 heteroatoms. The van der Waals surface area contributed by atoms with E-state index >= 15 is 0 Å². The first-order chi connectivity index (χ1) is 9.22. The fourth-order valence-electron chi connectivity index (χ4n) is 2.07. The minimum absolute atomic E-state index is 0.191. The second-order valence-electron chi connectivity index (χ2n) is 4.56. The molecule has 4 unspecified atom stereocenters. The van der Waals surface area contributed by atoms with Crippen molar-refractivity contribution in [2.75, 3.05) is 13.2 Å². The Morgan fingerprint density at radius 1 is 1.37 bits per heavy atom. The zero-order valence-electron chi connectivity index (χ0n) is 11.3. The smallest absolute Gasteiger partial charge is 0.0896 e. The number of unbranched alkanes of at least 4 members (excludes halogenated alkanes) is 1. The van der Waals surface area contributed by atoms with Crippen molar-refractivity contribution in [3.8, 4) is 0 Å². The van der Waals surface area contributed by atoms with Gasteiger partial charge in [0.05, 0.1) is 30.9 Å². The van der Waals surface area contributed by atoms with Crippen molar-refractivity contribution >= 4 is 0 Å². The zero-order chi connectivity index (χ0) is 14.1. The second kappa shape index (κ2) is 8.61. The molecule has 0 aliphatic carbocycles. The van der Waals surface area contributed by atoms with Crippen LogP contribution in [0.4, 0.5) is 0 Å². The molecule has 1 aliphatic rings. The molecule has 0 radical (unpaired) electrons. The third kappa shape index (κ3) is 4.96. The average Bonchev–Trinajstić information content (AvgIpc) is 2.40. The van der Waals surface area contributed by atoms with E-state index in [1.807, 2.05) is 6.92 Å². The number of hydrogen-bond donors (Lipinski definition) is 0. The highest BCUT2D eigenvalue weighted by Gasteiger charge is 2.35. The van der Waals surface area contributed by atoms with Gasteiger partial charge in [0.15, 0.2) is 0 Å². The fraction of sp³-hybridized carbons (Fsp3) is 1.00. The van der Waals surface area contributed by atoms with Crippen molar-refractivity contribution in [1.29, 1.82) is 0 Å². The van der Waals surface area contributed by atoms with Crippen LogP contribution in [0.2, 0.25) is 0 Å².